The molecule has 0 spiro atoms. The number of carbonyl (C=O) groups excluding carboxylic acids is 1. The summed E-state index contributed by atoms with van der Waals surface area (Å²) in [7, 11) is 0. The number of fused-ring (bicyclic) bond motifs is 1. The number of carbonyl (C=O) groups is 1. The van der Waals surface area contributed by atoms with E-state index < -0.39 is 5.82 Å². The third-order valence-corrected chi connectivity index (χ3v) is 4.20. The van der Waals surface area contributed by atoms with E-state index in [1.54, 1.807) is 30.5 Å². The number of hydrogen-bond donors (Lipinski definition) is 1. The van der Waals surface area contributed by atoms with Gasteiger partial charge >= 0.3 is 0 Å². The molecule has 2 heterocycles. The smallest absolute Gasteiger partial charge is 0.258 e. The van der Waals surface area contributed by atoms with Gasteiger partial charge in [-0.05, 0) is 30.3 Å². The molecule has 0 aliphatic carbocycles. The van der Waals surface area contributed by atoms with Crippen molar-refractivity contribution in [2.75, 3.05) is 6.61 Å². The molecule has 0 fully saturated rings. The van der Waals surface area contributed by atoms with E-state index in [1.165, 1.54) is 12.1 Å². The van der Waals surface area contributed by atoms with Crippen LogP contribution in [0.15, 0.2) is 77.4 Å². The molecule has 0 saturated carbocycles. The first-order chi connectivity index (χ1) is 13.7. The third kappa shape index (κ3) is 4.01. The van der Waals surface area contributed by atoms with E-state index in [9.17, 15) is 9.18 Å². The van der Waals surface area contributed by atoms with Crippen molar-refractivity contribution in [2.24, 2.45) is 0 Å². The Balaban J connectivity index is 1.57. The number of pyridine rings is 1. The van der Waals surface area contributed by atoms with Gasteiger partial charge in [0.25, 0.3) is 5.91 Å². The highest BCUT2D eigenvalue weighted by atomic mass is 19.1. The van der Waals surface area contributed by atoms with Crippen LogP contribution in [0.2, 0.25) is 0 Å². The summed E-state index contributed by atoms with van der Waals surface area (Å²) in [6.07, 6.45) is 1.54. The van der Waals surface area contributed by atoms with Gasteiger partial charge in [0, 0.05) is 17.0 Å². The van der Waals surface area contributed by atoms with Gasteiger partial charge < -0.3 is 14.5 Å². The van der Waals surface area contributed by atoms with Crippen molar-refractivity contribution in [3.63, 3.8) is 0 Å². The SMILES string of the molecule is O=C(COc1cc(-c2ccccc2)nc2ccc(F)cc12)NCc1ccco1. The number of halogens is 1. The highest BCUT2D eigenvalue weighted by Gasteiger charge is 2.12. The Hall–Kier alpha value is -3.67. The Kier molecular flexibility index (Phi) is 5.01. The number of aromatic nitrogens is 1. The van der Waals surface area contributed by atoms with E-state index in [0.717, 1.165) is 5.56 Å². The minimum atomic E-state index is -0.395. The number of ether oxygens (including phenoxy) is 1. The summed E-state index contributed by atoms with van der Waals surface area (Å²) in [5, 5.41) is 3.23. The third-order valence-electron chi connectivity index (χ3n) is 4.20. The average Bonchev–Trinajstić information content (AvgIpc) is 3.25. The highest BCUT2D eigenvalue weighted by molar-refractivity contribution is 5.88. The molecule has 5 nitrogen and oxygen atoms in total. The van der Waals surface area contributed by atoms with Crippen LogP contribution in [0.3, 0.4) is 0 Å². The molecule has 0 atom stereocenters. The fourth-order valence-corrected chi connectivity index (χ4v) is 2.84. The molecule has 6 heteroatoms. The zero-order valence-electron chi connectivity index (χ0n) is 14.9. The Bertz CT molecular complexity index is 1100. The maximum atomic E-state index is 13.7. The summed E-state index contributed by atoms with van der Waals surface area (Å²) in [6.45, 7) is 0.0702. The summed E-state index contributed by atoms with van der Waals surface area (Å²) in [4.78, 5) is 16.7. The van der Waals surface area contributed by atoms with Gasteiger partial charge in [0.15, 0.2) is 6.61 Å². The lowest BCUT2D eigenvalue weighted by Crippen LogP contribution is -2.28. The zero-order valence-corrected chi connectivity index (χ0v) is 14.9. The molecule has 4 rings (SSSR count). The number of hydrogen-bond acceptors (Lipinski definition) is 4. The molecule has 0 unspecified atom stereocenters. The predicted octanol–water partition coefficient (Wildman–Crippen LogP) is 4.33. The van der Waals surface area contributed by atoms with Crippen molar-refractivity contribution in [1.29, 1.82) is 0 Å². The number of amides is 1. The van der Waals surface area contributed by atoms with Crippen LogP contribution < -0.4 is 10.1 Å². The van der Waals surface area contributed by atoms with Gasteiger partial charge in [0.2, 0.25) is 0 Å². The molecule has 0 bridgehead atoms. The molecule has 0 saturated heterocycles. The van der Waals surface area contributed by atoms with E-state index in [0.29, 0.717) is 28.1 Å². The Morgan fingerprint density at radius 1 is 1.07 bits per heavy atom. The monoisotopic (exact) mass is 376 g/mol. The summed E-state index contributed by atoms with van der Waals surface area (Å²) < 4.78 is 24.6. The molecule has 1 amide bonds. The molecule has 1 N–H and O–H groups in total. The maximum absolute atomic E-state index is 13.7. The first-order valence-corrected chi connectivity index (χ1v) is 8.77. The molecular formula is C22H17FN2O3. The van der Waals surface area contributed by atoms with Crippen LogP contribution in [0.5, 0.6) is 5.75 Å². The normalized spacial score (nSPS) is 10.8. The first-order valence-electron chi connectivity index (χ1n) is 8.77. The van der Waals surface area contributed by atoms with Crippen LogP contribution >= 0.6 is 0 Å². The van der Waals surface area contributed by atoms with Gasteiger partial charge in [-0.2, -0.15) is 0 Å². The molecule has 0 aliphatic heterocycles. The number of furan rings is 1. The van der Waals surface area contributed by atoms with Gasteiger partial charge in [-0.3, -0.25) is 4.79 Å². The summed E-state index contributed by atoms with van der Waals surface area (Å²) in [5.41, 5.74) is 2.18. The van der Waals surface area contributed by atoms with Crippen LogP contribution in [-0.2, 0) is 11.3 Å². The molecule has 140 valence electrons. The van der Waals surface area contributed by atoms with Crippen molar-refractivity contribution in [2.45, 2.75) is 6.54 Å². The second-order valence-corrected chi connectivity index (χ2v) is 6.18. The molecule has 0 aliphatic rings. The van der Waals surface area contributed by atoms with Gasteiger partial charge in [-0.1, -0.05) is 30.3 Å². The predicted molar refractivity (Wildman–Crippen MR) is 103 cm³/mol. The van der Waals surface area contributed by atoms with Gasteiger partial charge in [-0.25, -0.2) is 9.37 Å². The topological polar surface area (TPSA) is 64.4 Å². The lowest BCUT2D eigenvalue weighted by atomic mass is 10.1. The molecule has 28 heavy (non-hydrogen) atoms. The van der Waals surface area contributed by atoms with Crippen LogP contribution in [0.25, 0.3) is 22.2 Å². The van der Waals surface area contributed by atoms with Crippen LogP contribution in [0.4, 0.5) is 4.39 Å². The van der Waals surface area contributed by atoms with Crippen molar-refractivity contribution in [3.8, 4) is 17.0 Å². The summed E-state index contributed by atoms with van der Waals surface area (Å²) in [6, 6.07) is 19.1. The van der Waals surface area contributed by atoms with E-state index in [-0.39, 0.29) is 19.1 Å². The average molecular weight is 376 g/mol. The Morgan fingerprint density at radius 3 is 2.71 bits per heavy atom. The number of rotatable bonds is 6. The van der Waals surface area contributed by atoms with Crippen molar-refractivity contribution >= 4 is 16.8 Å². The van der Waals surface area contributed by atoms with Gasteiger partial charge in [0.1, 0.15) is 17.3 Å². The first kappa shape index (κ1) is 17.7. The fourth-order valence-electron chi connectivity index (χ4n) is 2.84. The minimum absolute atomic E-state index is 0.204. The molecule has 2 aromatic heterocycles. The number of benzene rings is 2. The largest absolute Gasteiger partial charge is 0.483 e. The van der Waals surface area contributed by atoms with Gasteiger partial charge in [-0.15, -0.1) is 0 Å². The Labute approximate surface area is 160 Å². The quantitative estimate of drug-likeness (QED) is 0.544. The van der Waals surface area contributed by atoms with Gasteiger partial charge in [0.05, 0.1) is 24.0 Å². The Morgan fingerprint density at radius 2 is 1.93 bits per heavy atom. The zero-order chi connectivity index (χ0) is 19.3. The maximum Gasteiger partial charge on any atom is 0.258 e. The van der Waals surface area contributed by atoms with Crippen LogP contribution in [0, 0.1) is 5.82 Å². The van der Waals surface area contributed by atoms with Crippen LogP contribution in [-0.4, -0.2) is 17.5 Å². The fraction of sp³-hybridized carbons (Fsp3) is 0.0909. The lowest BCUT2D eigenvalue weighted by Gasteiger charge is -2.12. The van der Waals surface area contributed by atoms with Crippen molar-refractivity contribution in [3.05, 3.63) is 84.6 Å². The second kappa shape index (κ2) is 7.92. The van der Waals surface area contributed by atoms with Crippen LogP contribution in [0.1, 0.15) is 5.76 Å². The molecule has 0 radical (unpaired) electrons. The van der Waals surface area contributed by atoms with E-state index in [2.05, 4.69) is 10.3 Å². The van der Waals surface area contributed by atoms with E-state index >= 15 is 0 Å². The molecule has 4 aromatic rings. The highest BCUT2D eigenvalue weighted by Crippen LogP contribution is 2.30. The lowest BCUT2D eigenvalue weighted by molar-refractivity contribution is -0.123. The number of nitrogens with zero attached hydrogens (tertiary/aromatic N) is 1. The molecule has 2 aromatic carbocycles. The van der Waals surface area contributed by atoms with Crippen molar-refractivity contribution < 1.29 is 18.3 Å². The van der Waals surface area contributed by atoms with Crippen molar-refractivity contribution in [1.82, 2.24) is 10.3 Å². The molecular weight excluding hydrogens is 359 g/mol. The second-order valence-electron chi connectivity index (χ2n) is 6.18. The van der Waals surface area contributed by atoms with E-state index in [1.807, 2.05) is 30.3 Å². The standard InChI is InChI=1S/C22H17FN2O3/c23-16-8-9-19-18(11-16)21(12-20(25-19)15-5-2-1-3-6-15)28-14-22(26)24-13-17-7-4-10-27-17/h1-12H,13-14H2,(H,24,26). The number of nitrogens with one attached hydrogen (secondary N) is 1. The summed E-state index contributed by atoms with van der Waals surface area (Å²) in [5.74, 6) is 0.348. The summed E-state index contributed by atoms with van der Waals surface area (Å²) >= 11 is 0. The van der Waals surface area contributed by atoms with E-state index in [4.69, 9.17) is 9.15 Å². The minimum Gasteiger partial charge on any atom is -0.483 e.